The van der Waals surface area contributed by atoms with Gasteiger partial charge in [0, 0.05) is 25.5 Å². The Morgan fingerprint density at radius 2 is 2.15 bits per heavy atom. The Balaban J connectivity index is 1.88. The summed E-state index contributed by atoms with van der Waals surface area (Å²) in [5, 5.41) is 4.44. The van der Waals surface area contributed by atoms with E-state index in [1.165, 1.54) is 11.8 Å². The number of esters is 1. The van der Waals surface area contributed by atoms with E-state index in [1.807, 2.05) is 35.8 Å². The first-order valence-corrected chi connectivity index (χ1v) is 8.97. The second-order valence-electron chi connectivity index (χ2n) is 6.76. The highest BCUT2D eigenvalue weighted by atomic mass is 16.5. The van der Waals surface area contributed by atoms with E-state index in [4.69, 9.17) is 9.47 Å². The van der Waals surface area contributed by atoms with Crippen molar-refractivity contribution in [2.24, 2.45) is 0 Å². The van der Waals surface area contributed by atoms with E-state index in [1.54, 1.807) is 12.4 Å². The number of methoxy groups -OCH3 is 1. The maximum atomic E-state index is 13.0. The molecule has 0 aromatic heterocycles. The van der Waals surface area contributed by atoms with Crippen LogP contribution in [0.15, 0.2) is 41.5 Å². The van der Waals surface area contributed by atoms with Gasteiger partial charge < -0.3 is 14.0 Å². The Morgan fingerprint density at radius 3 is 2.85 bits per heavy atom. The predicted octanol–water partition coefficient (Wildman–Crippen LogP) is 2.41. The molecule has 7 nitrogen and oxygen atoms in total. The summed E-state index contributed by atoms with van der Waals surface area (Å²) in [5.41, 5.74) is 2.37. The minimum atomic E-state index is -0.517. The van der Waals surface area contributed by atoms with E-state index in [2.05, 4.69) is 5.10 Å². The second-order valence-corrected chi connectivity index (χ2v) is 6.76. The molecule has 0 radical (unpaired) electrons. The predicted molar refractivity (Wildman–Crippen MR) is 99.5 cm³/mol. The summed E-state index contributed by atoms with van der Waals surface area (Å²) in [6.45, 7) is 3.24. The fraction of sp³-hybridized carbons (Fsp3) is 0.350. The maximum absolute atomic E-state index is 13.0. The van der Waals surface area contributed by atoms with Gasteiger partial charge in [0.25, 0.3) is 5.56 Å². The number of fused-ring (bicyclic) bond motifs is 1. The molecule has 0 N–H and O–H groups in total. The summed E-state index contributed by atoms with van der Waals surface area (Å²) >= 11 is 0. The Morgan fingerprint density at radius 1 is 1.33 bits per heavy atom. The number of hydrogen-bond acceptors (Lipinski definition) is 5. The Hall–Kier alpha value is -2.93. The standard InChI is InChI=1S/C20H21N3O4/c1-13-6-3-4-8-17(13)23-19(24)15-11-22(10-14-7-5-9-27-14)12-16(18(15)21-23)20(25)26-2/h3-4,6,8,11-12,14H,5,7,9-10H2,1-2H3. The van der Waals surface area contributed by atoms with Gasteiger partial charge in [-0.2, -0.15) is 9.78 Å². The monoisotopic (exact) mass is 367 g/mol. The lowest BCUT2D eigenvalue weighted by molar-refractivity contribution is 0.0598. The normalized spacial score (nSPS) is 16.7. The molecule has 0 spiro atoms. The Bertz CT molecular complexity index is 1010. The van der Waals surface area contributed by atoms with Gasteiger partial charge in [0.05, 0.1) is 24.5 Å². The van der Waals surface area contributed by atoms with Gasteiger partial charge in [-0.3, -0.25) is 4.79 Å². The molecule has 27 heavy (non-hydrogen) atoms. The van der Waals surface area contributed by atoms with Gasteiger partial charge in [0.1, 0.15) is 11.3 Å². The molecule has 3 aliphatic heterocycles. The number of para-hydroxylation sites is 1. The van der Waals surface area contributed by atoms with Crippen molar-refractivity contribution in [3.63, 3.8) is 0 Å². The van der Waals surface area contributed by atoms with Crippen LogP contribution >= 0.6 is 0 Å². The fourth-order valence-electron chi connectivity index (χ4n) is 3.51. The minimum Gasteiger partial charge on any atom is -0.465 e. The topological polar surface area (TPSA) is 75.3 Å². The van der Waals surface area contributed by atoms with Crippen molar-refractivity contribution in [3.8, 4) is 16.9 Å². The number of nitrogens with zero attached hydrogens (tertiary/aromatic N) is 3. The van der Waals surface area contributed by atoms with Gasteiger partial charge in [0.2, 0.25) is 0 Å². The van der Waals surface area contributed by atoms with E-state index in [0.717, 1.165) is 25.0 Å². The van der Waals surface area contributed by atoms with Crippen LogP contribution < -0.4 is 5.56 Å². The summed E-state index contributed by atoms with van der Waals surface area (Å²) in [5.74, 6) is -0.517. The van der Waals surface area contributed by atoms with E-state index in [0.29, 0.717) is 23.5 Å². The van der Waals surface area contributed by atoms with Gasteiger partial charge in [-0.05, 0) is 31.4 Å². The van der Waals surface area contributed by atoms with Crippen molar-refractivity contribution in [1.82, 2.24) is 14.3 Å². The summed E-state index contributed by atoms with van der Waals surface area (Å²) < 4.78 is 13.8. The van der Waals surface area contributed by atoms with Crippen LogP contribution in [0.25, 0.3) is 16.9 Å². The average Bonchev–Trinajstić information content (AvgIpc) is 3.29. The summed E-state index contributed by atoms with van der Waals surface area (Å²) in [6.07, 6.45) is 5.50. The van der Waals surface area contributed by atoms with Crippen LogP contribution in [0.5, 0.6) is 0 Å². The lowest BCUT2D eigenvalue weighted by Gasteiger charge is -2.15. The number of carbonyl (C=O) groups is 1. The van der Waals surface area contributed by atoms with Crippen LogP contribution in [-0.4, -0.2) is 40.1 Å². The Kier molecular flexibility index (Phi) is 4.53. The molecule has 0 bridgehead atoms. The molecule has 1 unspecified atom stereocenters. The van der Waals surface area contributed by atoms with Crippen molar-refractivity contribution in [2.45, 2.75) is 32.4 Å². The van der Waals surface area contributed by atoms with Crippen LogP contribution in [0.1, 0.15) is 28.8 Å². The third-order valence-corrected chi connectivity index (χ3v) is 4.91. The third-order valence-electron chi connectivity index (χ3n) is 4.91. The largest absolute Gasteiger partial charge is 0.465 e. The van der Waals surface area contributed by atoms with Crippen LogP contribution in [0.4, 0.5) is 0 Å². The number of aromatic nitrogens is 3. The SMILES string of the molecule is COC(=O)c1cn(CC2CCCO2)cc2c(=O)n(-c3ccccc3C)nc1-2. The van der Waals surface area contributed by atoms with Crippen LogP contribution in [0, 0.1) is 6.92 Å². The molecular weight excluding hydrogens is 346 g/mol. The highest BCUT2D eigenvalue weighted by Gasteiger charge is 2.26. The molecule has 0 saturated carbocycles. The molecule has 3 aliphatic rings. The average molecular weight is 367 g/mol. The van der Waals surface area contributed by atoms with Gasteiger partial charge in [-0.15, -0.1) is 0 Å². The van der Waals surface area contributed by atoms with E-state index < -0.39 is 5.97 Å². The first-order chi connectivity index (χ1) is 13.1. The first kappa shape index (κ1) is 17.5. The Labute approximate surface area is 156 Å². The van der Waals surface area contributed by atoms with Crippen LogP contribution in [-0.2, 0) is 16.0 Å². The highest BCUT2D eigenvalue weighted by molar-refractivity contribution is 5.96. The van der Waals surface area contributed by atoms with E-state index in [-0.39, 0.29) is 17.2 Å². The lowest BCUT2D eigenvalue weighted by Crippen LogP contribution is -2.19. The lowest BCUT2D eigenvalue weighted by atomic mass is 10.1. The van der Waals surface area contributed by atoms with Crippen molar-refractivity contribution in [1.29, 1.82) is 0 Å². The third kappa shape index (κ3) is 3.14. The highest BCUT2D eigenvalue weighted by Crippen LogP contribution is 2.25. The van der Waals surface area contributed by atoms with Crippen molar-refractivity contribution in [2.75, 3.05) is 13.7 Å². The molecule has 1 saturated heterocycles. The van der Waals surface area contributed by atoms with Crippen molar-refractivity contribution < 1.29 is 14.3 Å². The molecule has 1 aromatic carbocycles. The second kappa shape index (κ2) is 7.00. The molecule has 3 heterocycles. The van der Waals surface area contributed by atoms with Gasteiger partial charge in [-0.25, -0.2) is 4.79 Å². The van der Waals surface area contributed by atoms with Crippen molar-refractivity contribution in [3.05, 3.63) is 58.1 Å². The molecule has 0 aliphatic carbocycles. The van der Waals surface area contributed by atoms with E-state index >= 15 is 0 Å². The van der Waals surface area contributed by atoms with Gasteiger partial charge in [-0.1, -0.05) is 18.2 Å². The number of carbonyl (C=O) groups excluding carboxylic acids is 1. The van der Waals surface area contributed by atoms with Crippen LogP contribution in [0.3, 0.4) is 0 Å². The zero-order chi connectivity index (χ0) is 19.0. The summed E-state index contributed by atoms with van der Waals surface area (Å²) in [7, 11) is 1.32. The molecule has 7 heteroatoms. The smallest absolute Gasteiger partial charge is 0.341 e. The molecule has 4 rings (SSSR count). The fourth-order valence-corrected chi connectivity index (χ4v) is 3.51. The van der Waals surface area contributed by atoms with Crippen LogP contribution in [0.2, 0.25) is 0 Å². The zero-order valence-electron chi connectivity index (χ0n) is 15.3. The molecule has 1 atom stereocenters. The zero-order valence-corrected chi connectivity index (χ0v) is 15.3. The maximum Gasteiger partial charge on any atom is 0.341 e. The number of hydrogen-bond donors (Lipinski definition) is 0. The van der Waals surface area contributed by atoms with Gasteiger partial charge in [0.15, 0.2) is 0 Å². The molecule has 1 fully saturated rings. The minimum absolute atomic E-state index is 0.0828. The van der Waals surface area contributed by atoms with Gasteiger partial charge >= 0.3 is 5.97 Å². The van der Waals surface area contributed by atoms with E-state index in [9.17, 15) is 9.59 Å². The quantitative estimate of drug-likeness (QED) is 0.662. The summed E-state index contributed by atoms with van der Waals surface area (Å²) in [4.78, 5) is 25.4. The number of benzene rings is 1. The number of ether oxygens (including phenoxy) is 2. The summed E-state index contributed by atoms with van der Waals surface area (Å²) in [6, 6.07) is 7.51. The van der Waals surface area contributed by atoms with Crippen molar-refractivity contribution >= 4 is 5.97 Å². The molecule has 0 amide bonds. The first-order valence-electron chi connectivity index (χ1n) is 8.97. The number of rotatable bonds is 4. The molecule has 1 aromatic rings. The molecular formula is C20H21N3O4. The molecule has 140 valence electrons. The number of pyridine rings is 1. The number of aryl methyl sites for hydroxylation is 1.